The standard InChI is InChI=1S/C17H21NO4/c1-10-6-12-8-15(22-14(12)7-11(10)2)17(21)18-5-3-4-13(18)9-16(19)20/h6-7,13,15H,3-5,8-9H2,1-2H3,(H,19,20). The van der Waals surface area contributed by atoms with Crippen molar-refractivity contribution < 1.29 is 19.4 Å². The Morgan fingerprint density at radius 2 is 2.05 bits per heavy atom. The highest BCUT2D eigenvalue weighted by molar-refractivity contribution is 5.84. The molecule has 1 saturated heterocycles. The summed E-state index contributed by atoms with van der Waals surface area (Å²) in [4.78, 5) is 25.3. The molecule has 5 nitrogen and oxygen atoms in total. The van der Waals surface area contributed by atoms with Gasteiger partial charge < -0.3 is 14.7 Å². The monoisotopic (exact) mass is 303 g/mol. The van der Waals surface area contributed by atoms with Crippen LogP contribution in [0.25, 0.3) is 0 Å². The van der Waals surface area contributed by atoms with Crippen molar-refractivity contribution in [3.63, 3.8) is 0 Å². The Labute approximate surface area is 129 Å². The van der Waals surface area contributed by atoms with Crippen LogP contribution >= 0.6 is 0 Å². The lowest BCUT2D eigenvalue weighted by Gasteiger charge is -2.26. The number of fused-ring (bicyclic) bond motifs is 1. The van der Waals surface area contributed by atoms with Gasteiger partial charge in [0.25, 0.3) is 5.91 Å². The topological polar surface area (TPSA) is 66.8 Å². The minimum atomic E-state index is -0.855. The summed E-state index contributed by atoms with van der Waals surface area (Å²) in [5.41, 5.74) is 3.41. The van der Waals surface area contributed by atoms with E-state index in [4.69, 9.17) is 9.84 Å². The second-order valence-corrected chi connectivity index (χ2v) is 6.28. The van der Waals surface area contributed by atoms with Gasteiger partial charge in [-0.3, -0.25) is 9.59 Å². The van der Waals surface area contributed by atoms with Crippen LogP contribution in [0.15, 0.2) is 12.1 Å². The number of aliphatic carboxylic acids is 1. The zero-order chi connectivity index (χ0) is 15.9. The molecule has 118 valence electrons. The smallest absolute Gasteiger partial charge is 0.305 e. The van der Waals surface area contributed by atoms with Crippen LogP contribution in [-0.2, 0) is 16.0 Å². The molecule has 1 aromatic carbocycles. The first-order valence-electron chi connectivity index (χ1n) is 7.74. The highest BCUT2D eigenvalue weighted by Gasteiger charge is 2.38. The van der Waals surface area contributed by atoms with E-state index in [9.17, 15) is 9.59 Å². The molecule has 2 aliphatic rings. The maximum absolute atomic E-state index is 12.7. The first-order chi connectivity index (χ1) is 10.5. The zero-order valence-electron chi connectivity index (χ0n) is 13.0. The second-order valence-electron chi connectivity index (χ2n) is 6.28. The molecule has 2 unspecified atom stereocenters. The largest absolute Gasteiger partial charge is 0.481 e. The highest BCUT2D eigenvalue weighted by atomic mass is 16.5. The Hall–Kier alpha value is -2.04. The van der Waals surface area contributed by atoms with Crippen LogP contribution in [0.4, 0.5) is 0 Å². The van der Waals surface area contributed by atoms with Gasteiger partial charge in [0.1, 0.15) is 5.75 Å². The average molecular weight is 303 g/mol. The lowest BCUT2D eigenvalue weighted by atomic mass is 10.0. The number of hydrogen-bond donors (Lipinski definition) is 1. The molecular formula is C17H21NO4. The summed E-state index contributed by atoms with van der Waals surface area (Å²) >= 11 is 0. The zero-order valence-corrected chi connectivity index (χ0v) is 13.0. The van der Waals surface area contributed by atoms with E-state index >= 15 is 0 Å². The minimum Gasteiger partial charge on any atom is -0.481 e. The van der Waals surface area contributed by atoms with Gasteiger partial charge in [0.05, 0.1) is 6.42 Å². The van der Waals surface area contributed by atoms with Crippen LogP contribution in [0.2, 0.25) is 0 Å². The maximum atomic E-state index is 12.7. The summed E-state index contributed by atoms with van der Waals surface area (Å²) in [6.07, 6.45) is 1.71. The number of nitrogens with zero attached hydrogens (tertiary/aromatic N) is 1. The van der Waals surface area contributed by atoms with E-state index in [-0.39, 0.29) is 18.4 Å². The third-order valence-electron chi connectivity index (χ3n) is 4.70. The van der Waals surface area contributed by atoms with Crippen LogP contribution in [0.1, 0.15) is 36.0 Å². The highest BCUT2D eigenvalue weighted by Crippen LogP contribution is 2.33. The van der Waals surface area contributed by atoms with Crippen molar-refractivity contribution in [1.82, 2.24) is 4.90 Å². The molecule has 2 atom stereocenters. The molecule has 2 aliphatic heterocycles. The molecule has 1 N–H and O–H groups in total. The van der Waals surface area contributed by atoms with Crippen LogP contribution < -0.4 is 4.74 Å². The predicted molar refractivity (Wildman–Crippen MR) is 81.0 cm³/mol. The fourth-order valence-electron chi connectivity index (χ4n) is 3.38. The summed E-state index contributed by atoms with van der Waals surface area (Å²) in [6, 6.07) is 3.87. The SMILES string of the molecule is Cc1cc2c(cc1C)OC(C(=O)N1CCCC1CC(=O)O)C2. The van der Waals surface area contributed by atoms with Gasteiger partial charge in [-0.05, 0) is 49.4 Å². The fourth-order valence-corrected chi connectivity index (χ4v) is 3.38. The Kier molecular flexibility index (Phi) is 3.81. The van der Waals surface area contributed by atoms with E-state index in [1.54, 1.807) is 4.90 Å². The van der Waals surface area contributed by atoms with Gasteiger partial charge in [-0.1, -0.05) is 6.07 Å². The Balaban J connectivity index is 1.73. The summed E-state index contributed by atoms with van der Waals surface area (Å²) < 4.78 is 5.83. The van der Waals surface area contributed by atoms with Crippen molar-refractivity contribution in [2.45, 2.75) is 51.7 Å². The predicted octanol–water partition coefficient (Wildman–Crippen LogP) is 2.07. The maximum Gasteiger partial charge on any atom is 0.305 e. The van der Waals surface area contributed by atoms with Crippen molar-refractivity contribution in [3.05, 3.63) is 28.8 Å². The van der Waals surface area contributed by atoms with E-state index < -0.39 is 12.1 Å². The third kappa shape index (κ3) is 2.67. The van der Waals surface area contributed by atoms with Crippen molar-refractivity contribution in [2.24, 2.45) is 0 Å². The molecule has 0 saturated carbocycles. The van der Waals surface area contributed by atoms with Crippen molar-refractivity contribution in [1.29, 1.82) is 0 Å². The van der Waals surface area contributed by atoms with Crippen LogP contribution in [0, 0.1) is 13.8 Å². The number of likely N-dealkylation sites (tertiary alicyclic amines) is 1. The first kappa shape index (κ1) is 14.9. The molecule has 1 aromatic rings. The van der Waals surface area contributed by atoms with Crippen LogP contribution in [0.3, 0.4) is 0 Å². The van der Waals surface area contributed by atoms with Crippen molar-refractivity contribution in [2.75, 3.05) is 6.54 Å². The molecule has 1 amide bonds. The number of hydrogen-bond acceptors (Lipinski definition) is 3. The number of benzene rings is 1. The van der Waals surface area contributed by atoms with E-state index in [0.717, 1.165) is 29.7 Å². The van der Waals surface area contributed by atoms with Gasteiger partial charge >= 0.3 is 5.97 Å². The molecule has 3 rings (SSSR count). The molecule has 0 spiro atoms. The Morgan fingerprint density at radius 3 is 2.77 bits per heavy atom. The molecule has 0 radical (unpaired) electrons. The lowest BCUT2D eigenvalue weighted by molar-refractivity contribution is -0.142. The van der Waals surface area contributed by atoms with Gasteiger partial charge in [0.15, 0.2) is 6.10 Å². The summed E-state index contributed by atoms with van der Waals surface area (Å²) in [6.45, 7) is 4.71. The number of carboxylic acid groups (broad SMARTS) is 1. The van der Waals surface area contributed by atoms with Gasteiger partial charge in [0, 0.05) is 19.0 Å². The van der Waals surface area contributed by atoms with Gasteiger partial charge in [-0.2, -0.15) is 0 Å². The molecule has 2 heterocycles. The molecule has 5 heteroatoms. The van der Waals surface area contributed by atoms with Gasteiger partial charge in [-0.15, -0.1) is 0 Å². The van der Waals surface area contributed by atoms with Crippen LogP contribution in [-0.4, -0.2) is 40.6 Å². The number of aryl methyl sites for hydroxylation is 2. The van der Waals surface area contributed by atoms with Crippen LogP contribution in [0.5, 0.6) is 5.75 Å². The molecule has 1 fully saturated rings. The number of carbonyl (C=O) groups excluding carboxylic acids is 1. The number of ether oxygens (including phenoxy) is 1. The first-order valence-corrected chi connectivity index (χ1v) is 7.74. The summed E-state index contributed by atoms with van der Waals surface area (Å²) in [5, 5.41) is 8.97. The number of carbonyl (C=O) groups is 2. The Morgan fingerprint density at radius 1 is 1.32 bits per heavy atom. The quantitative estimate of drug-likeness (QED) is 0.928. The van der Waals surface area contributed by atoms with Gasteiger partial charge in [-0.25, -0.2) is 0 Å². The fraction of sp³-hybridized carbons (Fsp3) is 0.529. The van der Waals surface area contributed by atoms with Crippen molar-refractivity contribution >= 4 is 11.9 Å². The molecule has 0 aromatic heterocycles. The lowest BCUT2D eigenvalue weighted by Crippen LogP contribution is -2.44. The number of amides is 1. The normalized spacial score (nSPS) is 23.3. The third-order valence-corrected chi connectivity index (χ3v) is 4.70. The summed E-state index contributed by atoms with van der Waals surface area (Å²) in [7, 11) is 0. The number of rotatable bonds is 3. The van der Waals surface area contributed by atoms with Crippen molar-refractivity contribution in [3.8, 4) is 5.75 Å². The molecule has 0 aliphatic carbocycles. The summed E-state index contributed by atoms with van der Waals surface area (Å²) in [5.74, 6) is -0.141. The van der Waals surface area contributed by atoms with E-state index in [1.807, 2.05) is 19.9 Å². The molecule has 22 heavy (non-hydrogen) atoms. The van der Waals surface area contributed by atoms with E-state index in [0.29, 0.717) is 13.0 Å². The van der Waals surface area contributed by atoms with E-state index in [1.165, 1.54) is 5.56 Å². The second kappa shape index (κ2) is 5.63. The van der Waals surface area contributed by atoms with E-state index in [2.05, 4.69) is 6.07 Å². The Bertz CT molecular complexity index is 594. The number of carboxylic acids is 1. The average Bonchev–Trinajstić information content (AvgIpc) is 3.04. The molecular weight excluding hydrogens is 282 g/mol. The minimum absolute atomic E-state index is 0.0175. The van der Waals surface area contributed by atoms with Gasteiger partial charge in [0.2, 0.25) is 0 Å². The molecule has 0 bridgehead atoms.